The first-order chi connectivity index (χ1) is 7.13. The summed E-state index contributed by atoms with van der Waals surface area (Å²) in [5, 5.41) is 1.19. The van der Waals surface area contributed by atoms with Gasteiger partial charge in [-0.15, -0.1) is 0 Å². The van der Waals surface area contributed by atoms with Gasteiger partial charge in [0.15, 0.2) is 6.29 Å². The smallest absolute Gasteiger partial charge is 0.260 e. The van der Waals surface area contributed by atoms with E-state index in [9.17, 15) is 9.59 Å². The number of aromatic nitrogens is 1. The number of nitrogens with one attached hydrogen (secondary N) is 1. The van der Waals surface area contributed by atoms with Crippen molar-refractivity contribution < 1.29 is 4.79 Å². The third kappa shape index (κ3) is 1.64. The molecule has 2 aromatic rings. The fourth-order valence-electron chi connectivity index (χ4n) is 1.35. The van der Waals surface area contributed by atoms with Crippen molar-refractivity contribution in [1.29, 1.82) is 0 Å². The Balaban J connectivity index is 2.98. The highest BCUT2D eigenvalue weighted by Gasteiger charge is 2.09. The first kappa shape index (κ1) is 10.2. The van der Waals surface area contributed by atoms with E-state index in [-0.39, 0.29) is 10.6 Å². The zero-order valence-electron chi connectivity index (χ0n) is 7.38. The lowest BCUT2D eigenvalue weighted by Crippen LogP contribution is -2.12. The van der Waals surface area contributed by atoms with Crippen LogP contribution in [0, 0.1) is 0 Å². The van der Waals surface area contributed by atoms with E-state index in [1.807, 2.05) is 0 Å². The molecule has 5 heteroatoms. The number of H-pyrrole nitrogens is 1. The van der Waals surface area contributed by atoms with Crippen LogP contribution in [0.15, 0.2) is 23.0 Å². The molecule has 0 aliphatic rings. The van der Waals surface area contributed by atoms with Crippen LogP contribution in [0.1, 0.15) is 10.4 Å². The van der Waals surface area contributed by atoms with Crippen LogP contribution in [-0.2, 0) is 0 Å². The molecule has 2 rings (SSSR count). The molecular weight excluding hydrogens is 237 g/mol. The molecule has 1 aromatic heterocycles. The molecule has 15 heavy (non-hydrogen) atoms. The molecule has 0 unspecified atom stereocenters. The molecule has 76 valence electrons. The van der Waals surface area contributed by atoms with Gasteiger partial charge in [-0.05, 0) is 18.2 Å². The monoisotopic (exact) mass is 241 g/mol. The highest BCUT2D eigenvalue weighted by Crippen LogP contribution is 2.25. The highest BCUT2D eigenvalue weighted by molar-refractivity contribution is 6.38. The van der Waals surface area contributed by atoms with Gasteiger partial charge in [0.25, 0.3) is 5.56 Å². The van der Waals surface area contributed by atoms with Crippen LogP contribution in [0.4, 0.5) is 0 Å². The number of carbonyl (C=O) groups excluding carboxylic acids is 1. The number of hydrogen-bond donors (Lipinski definition) is 1. The van der Waals surface area contributed by atoms with Crippen LogP contribution >= 0.6 is 23.2 Å². The van der Waals surface area contributed by atoms with Gasteiger partial charge >= 0.3 is 0 Å². The number of benzene rings is 1. The van der Waals surface area contributed by atoms with Crippen molar-refractivity contribution in [1.82, 2.24) is 4.98 Å². The lowest BCUT2D eigenvalue weighted by molar-refractivity contribution is 0.112. The molecule has 0 amide bonds. The maximum absolute atomic E-state index is 11.4. The maximum atomic E-state index is 11.4. The zero-order valence-corrected chi connectivity index (χ0v) is 8.89. The summed E-state index contributed by atoms with van der Waals surface area (Å²) in [6, 6.07) is 4.87. The maximum Gasteiger partial charge on any atom is 0.260 e. The Morgan fingerprint density at radius 1 is 1.27 bits per heavy atom. The molecular formula is C10H5Cl2NO2. The van der Waals surface area contributed by atoms with Crippen molar-refractivity contribution in [2.75, 3.05) is 0 Å². The summed E-state index contributed by atoms with van der Waals surface area (Å²) in [7, 11) is 0. The summed E-state index contributed by atoms with van der Waals surface area (Å²) >= 11 is 11.7. The summed E-state index contributed by atoms with van der Waals surface area (Å²) < 4.78 is 0. The predicted molar refractivity (Wildman–Crippen MR) is 60.0 cm³/mol. The van der Waals surface area contributed by atoms with E-state index in [4.69, 9.17) is 23.2 Å². The van der Waals surface area contributed by atoms with Crippen LogP contribution in [0.2, 0.25) is 10.0 Å². The molecule has 0 aliphatic carbocycles. The summed E-state index contributed by atoms with van der Waals surface area (Å²) in [5.41, 5.74) is -0.0174. The van der Waals surface area contributed by atoms with E-state index in [1.165, 1.54) is 0 Å². The number of rotatable bonds is 1. The Morgan fingerprint density at radius 3 is 2.67 bits per heavy atom. The van der Waals surface area contributed by atoms with Crippen LogP contribution in [0.5, 0.6) is 0 Å². The van der Waals surface area contributed by atoms with Gasteiger partial charge < -0.3 is 4.98 Å². The van der Waals surface area contributed by atoms with Crippen molar-refractivity contribution in [3.8, 4) is 0 Å². The minimum Gasteiger partial charge on any atom is -0.321 e. The van der Waals surface area contributed by atoms with Gasteiger partial charge in [0, 0.05) is 15.9 Å². The fraction of sp³-hybridized carbons (Fsp3) is 0. The zero-order chi connectivity index (χ0) is 11.0. The Hall–Kier alpha value is -1.32. The Morgan fingerprint density at radius 2 is 2.00 bits per heavy atom. The van der Waals surface area contributed by atoms with Gasteiger partial charge in [0.2, 0.25) is 0 Å². The molecule has 0 aliphatic heterocycles. The molecule has 3 nitrogen and oxygen atoms in total. The van der Waals surface area contributed by atoms with Crippen molar-refractivity contribution in [3.05, 3.63) is 44.2 Å². The number of pyridine rings is 1. The van der Waals surface area contributed by atoms with Crippen LogP contribution < -0.4 is 5.56 Å². The number of aldehydes is 1. The van der Waals surface area contributed by atoms with Gasteiger partial charge in [0.05, 0.1) is 10.6 Å². The second kappa shape index (κ2) is 3.68. The lowest BCUT2D eigenvalue weighted by Gasteiger charge is -2.02. The molecule has 1 heterocycles. The highest BCUT2D eigenvalue weighted by atomic mass is 35.5. The summed E-state index contributed by atoms with van der Waals surface area (Å²) in [6.07, 6.45) is 0.432. The minimum atomic E-state index is -0.496. The quantitative estimate of drug-likeness (QED) is 0.781. The molecule has 0 spiro atoms. The molecule has 0 radical (unpaired) electrons. The van der Waals surface area contributed by atoms with Crippen molar-refractivity contribution in [2.24, 2.45) is 0 Å². The predicted octanol–water partition coefficient (Wildman–Crippen LogP) is 2.65. The van der Waals surface area contributed by atoms with Crippen molar-refractivity contribution in [3.63, 3.8) is 0 Å². The van der Waals surface area contributed by atoms with Gasteiger partial charge in [-0.1, -0.05) is 23.2 Å². The average molecular weight is 242 g/mol. The molecule has 0 atom stereocenters. The number of aromatic amines is 1. The fourth-order valence-corrected chi connectivity index (χ4v) is 1.81. The topological polar surface area (TPSA) is 49.9 Å². The van der Waals surface area contributed by atoms with Crippen molar-refractivity contribution >= 4 is 40.4 Å². The minimum absolute atomic E-state index is 0.0774. The SMILES string of the molecule is O=Cc1c(Cl)c2cc(Cl)ccc2[nH]c1=O. The molecule has 0 bridgehead atoms. The Bertz CT molecular complexity index is 604. The normalized spacial score (nSPS) is 10.5. The van der Waals surface area contributed by atoms with Gasteiger partial charge in [-0.2, -0.15) is 0 Å². The van der Waals surface area contributed by atoms with E-state index in [0.717, 1.165) is 0 Å². The number of fused-ring (bicyclic) bond motifs is 1. The van der Waals surface area contributed by atoms with E-state index < -0.39 is 5.56 Å². The third-order valence-corrected chi connectivity index (χ3v) is 2.71. The summed E-state index contributed by atoms with van der Waals surface area (Å²) in [5.74, 6) is 0. The van der Waals surface area contributed by atoms with Crippen LogP contribution in [0.25, 0.3) is 10.9 Å². The van der Waals surface area contributed by atoms with E-state index in [1.54, 1.807) is 18.2 Å². The van der Waals surface area contributed by atoms with Crippen LogP contribution in [0.3, 0.4) is 0 Å². The van der Waals surface area contributed by atoms with E-state index in [2.05, 4.69) is 4.98 Å². The number of halogens is 2. The molecule has 1 aromatic carbocycles. The van der Waals surface area contributed by atoms with Gasteiger partial charge in [0.1, 0.15) is 0 Å². The Kier molecular flexibility index (Phi) is 2.50. The average Bonchev–Trinajstić information content (AvgIpc) is 2.20. The largest absolute Gasteiger partial charge is 0.321 e. The van der Waals surface area contributed by atoms with Gasteiger partial charge in [-0.3, -0.25) is 9.59 Å². The molecule has 0 saturated heterocycles. The van der Waals surface area contributed by atoms with E-state index >= 15 is 0 Å². The number of carbonyl (C=O) groups is 1. The second-order valence-electron chi connectivity index (χ2n) is 2.99. The molecule has 0 fully saturated rings. The molecule has 0 saturated carbocycles. The standard InChI is InChI=1S/C10H5Cl2NO2/c11-5-1-2-8-6(3-5)9(12)7(4-14)10(15)13-8/h1-4H,(H,13,15). The first-order valence-corrected chi connectivity index (χ1v) is 4.85. The summed E-state index contributed by atoms with van der Waals surface area (Å²) in [4.78, 5) is 24.6. The van der Waals surface area contributed by atoms with E-state index in [0.29, 0.717) is 22.2 Å². The van der Waals surface area contributed by atoms with Gasteiger partial charge in [-0.25, -0.2) is 0 Å². The summed E-state index contributed by atoms with van der Waals surface area (Å²) in [6.45, 7) is 0. The molecule has 1 N–H and O–H groups in total. The Labute approximate surface area is 94.6 Å². The number of hydrogen-bond acceptors (Lipinski definition) is 2. The second-order valence-corrected chi connectivity index (χ2v) is 3.80. The first-order valence-electron chi connectivity index (χ1n) is 4.09. The van der Waals surface area contributed by atoms with Crippen LogP contribution in [-0.4, -0.2) is 11.3 Å². The van der Waals surface area contributed by atoms with Crippen molar-refractivity contribution in [2.45, 2.75) is 0 Å². The third-order valence-electron chi connectivity index (χ3n) is 2.07. The lowest BCUT2D eigenvalue weighted by atomic mass is 10.1.